The van der Waals surface area contributed by atoms with Crippen LogP contribution in [0.1, 0.15) is 13.8 Å². The molecule has 0 spiro atoms. The van der Waals surface area contributed by atoms with Gasteiger partial charge in [0, 0.05) is 7.11 Å². The van der Waals surface area contributed by atoms with E-state index in [9.17, 15) is 4.79 Å². The van der Waals surface area contributed by atoms with Crippen molar-refractivity contribution < 1.29 is 14.6 Å². The molecule has 0 fully saturated rings. The Hall–Kier alpha value is -0.770. The number of amides is 1. The summed E-state index contributed by atoms with van der Waals surface area (Å²) in [7, 11) is 1.55. The number of ether oxygens (including phenoxy) is 1. The highest BCUT2D eigenvalue weighted by Crippen LogP contribution is 2.00. The van der Waals surface area contributed by atoms with E-state index in [1.54, 1.807) is 7.11 Å². The number of carboxylic acid groups (broad SMARTS) is 1. The quantitative estimate of drug-likeness (QED) is 0.644. The van der Waals surface area contributed by atoms with Gasteiger partial charge in [0.1, 0.15) is 0 Å². The van der Waals surface area contributed by atoms with Gasteiger partial charge in [-0.25, -0.2) is 4.79 Å². The molecule has 0 aliphatic carbocycles. The van der Waals surface area contributed by atoms with Crippen LogP contribution < -0.4 is 5.32 Å². The maximum Gasteiger partial charge on any atom is 0.404 e. The van der Waals surface area contributed by atoms with E-state index >= 15 is 0 Å². The first kappa shape index (κ1) is 10.2. The van der Waals surface area contributed by atoms with Crippen molar-refractivity contribution in [3.05, 3.63) is 0 Å². The molecule has 1 amide bonds. The van der Waals surface area contributed by atoms with Crippen molar-refractivity contribution in [2.75, 3.05) is 13.7 Å². The molecule has 0 aromatic rings. The Morgan fingerprint density at radius 3 is 2.45 bits per heavy atom. The molecule has 0 bridgehead atoms. The van der Waals surface area contributed by atoms with Crippen molar-refractivity contribution in [1.82, 2.24) is 5.32 Å². The van der Waals surface area contributed by atoms with Crippen molar-refractivity contribution in [1.29, 1.82) is 0 Å². The van der Waals surface area contributed by atoms with Crippen LogP contribution >= 0.6 is 0 Å². The van der Waals surface area contributed by atoms with E-state index in [0.717, 1.165) is 0 Å². The average molecular weight is 161 g/mol. The first-order valence-corrected chi connectivity index (χ1v) is 3.56. The lowest BCUT2D eigenvalue weighted by atomic mass is 10.1. The fourth-order valence-corrected chi connectivity index (χ4v) is 0.739. The zero-order chi connectivity index (χ0) is 8.85. The number of hydrogen-bond donors (Lipinski definition) is 2. The Bertz CT molecular complexity index is 125. The molecule has 4 heteroatoms. The minimum Gasteiger partial charge on any atom is -0.465 e. The predicted octanol–water partition coefficient (Wildman–Crippen LogP) is 0.925. The number of nitrogens with one attached hydrogen (secondary N) is 1. The fraction of sp³-hybridized carbons (Fsp3) is 0.857. The molecule has 11 heavy (non-hydrogen) atoms. The lowest BCUT2D eigenvalue weighted by molar-refractivity contribution is 0.136. The van der Waals surface area contributed by atoms with Gasteiger partial charge in [0.15, 0.2) is 0 Å². The van der Waals surface area contributed by atoms with Gasteiger partial charge in [-0.05, 0) is 5.92 Å². The second-order valence-corrected chi connectivity index (χ2v) is 2.76. The highest BCUT2D eigenvalue weighted by Gasteiger charge is 2.14. The molecule has 0 aromatic heterocycles. The van der Waals surface area contributed by atoms with Crippen molar-refractivity contribution in [3.63, 3.8) is 0 Å². The van der Waals surface area contributed by atoms with E-state index in [2.05, 4.69) is 5.32 Å². The van der Waals surface area contributed by atoms with Gasteiger partial charge in [0.05, 0.1) is 12.6 Å². The fourth-order valence-electron chi connectivity index (χ4n) is 0.739. The van der Waals surface area contributed by atoms with E-state index < -0.39 is 6.09 Å². The molecule has 2 N–H and O–H groups in total. The lowest BCUT2D eigenvalue weighted by Crippen LogP contribution is -2.40. The topological polar surface area (TPSA) is 58.6 Å². The van der Waals surface area contributed by atoms with Crippen molar-refractivity contribution in [2.24, 2.45) is 5.92 Å². The van der Waals surface area contributed by atoms with E-state index in [4.69, 9.17) is 9.84 Å². The summed E-state index contributed by atoms with van der Waals surface area (Å²) < 4.78 is 4.84. The molecule has 0 aromatic carbocycles. The molecule has 0 saturated heterocycles. The van der Waals surface area contributed by atoms with Gasteiger partial charge in [0.2, 0.25) is 0 Å². The van der Waals surface area contributed by atoms with Gasteiger partial charge in [0.25, 0.3) is 0 Å². The molecule has 0 aliphatic rings. The first-order valence-electron chi connectivity index (χ1n) is 3.56. The number of hydrogen-bond acceptors (Lipinski definition) is 2. The highest BCUT2D eigenvalue weighted by atomic mass is 16.5. The van der Waals surface area contributed by atoms with Crippen molar-refractivity contribution in [2.45, 2.75) is 19.9 Å². The van der Waals surface area contributed by atoms with E-state index in [1.165, 1.54) is 0 Å². The molecular formula is C7H15NO3. The van der Waals surface area contributed by atoms with Gasteiger partial charge in [-0.15, -0.1) is 0 Å². The summed E-state index contributed by atoms with van der Waals surface area (Å²) in [5.41, 5.74) is 0. The van der Waals surface area contributed by atoms with Crippen LogP contribution in [-0.2, 0) is 4.74 Å². The summed E-state index contributed by atoms with van der Waals surface area (Å²) in [6, 6.07) is -0.113. The molecule has 0 aliphatic heterocycles. The van der Waals surface area contributed by atoms with Crippen LogP contribution in [0.15, 0.2) is 0 Å². The van der Waals surface area contributed by atoms with E-state index in [-0.39, 0.29) is 12.0 Å². The zero-order valence-corrected chi connectivity index (χ0v) is 7.13. The minimum atomic E-state index is -0.999. The number of rotatable bonds is 4. The Morgan fingerprint density at radius 1 is 1.64 bits per heavy atom. The van der Waals surface area contributed by atoms with Gasteiger partial charge >= 0.3 is 6.09 Å². The van der Waals surface area contributed by atoms with Crippen LogP contribution in [0, 0.1) is 5.92 Å². The van der Waals surface area contributed by atoms with Gasteiger partial charge in [-0.1, -0.05) is 13.8 Å². The summed E-state index contributed by atoms with van der Waals surface area (Å²) in [5, 5.41) is 10.8. The third-order valence-electron chi connectivity index (χ3n) is 1.46. The summed E-state index contributed by atoms with van der Waals surface area (Å²) in [6.45, 7) is 4.31. The summed E-state index contributed by atoms with van der Waals surface area (Å²) in [4.78, 5) is 10.2. The van der Waals surface area contributed by atoms with E-state index in [0.29, 0.717) is 6.61 Å². The molecule has 0 heterocycles. The Balaban J connectivity index is 3.79. The third-order valence-corrected chi connectivity index (χ3v) is 1.46. The number of carbonyl (C=O) groups is 1. The third kappa shape index (κ3) is 4.61. The molecule has 0 unspecified atom stereocenters. The van der Waals surface area contributed by atoms with Crippen molar-refractivity contribution >= 4 is 6.09 Å². The molecule has 0 radical (unpaired) electrons. The Morgan fingerprint density at radius 2 is 2.18 bits per heavy atom. The summed E-state index contributed by atoms with van der Waals surface area (Å²) in [5.74, 6) is 0.256. The predicted molar refractivity (Wildman–Crippen MR) is 41.7 cm³/mol. The molecule has 1 atom stereocenters. The molecule has 0 rings (SSSR count). The smallest absolute Gasteiger partial charge is 0.404 e. The average Bonchev–Trinajstić information content (AvgIpc) is 1.86. The van der Waals surface area contributed by atoms with Crippen LogP contribution in [0.4, 0.5) is 4.79 Å². The largest absolute Gasteiger partial charge is 0.465 e. The van der Waals surface area contributed by atoms with Crippen LogP contribution in [0.25, 0.3) is 0 Å². The standard InChI is InChI=1S/C7H15NO3/c1-5(2)6(4-11-3)8-7(9)10/h5-6,8H,4H2,1-3H3,(H,9,10)/t6-/m0/s1. The molecule has 4 nitrogen and oxygen atoms in total. The second-order valence-electron chi connectivity index (χ2n) is 2.76. The van der Waals surface area contributed by atoms with Gasteiger partial charge < -0.3 is 15.2 Å². The minimum absolute atomic E-state index is 0.113. The Kier molecular flexibility index (Phi) is 4.61. The molecule has 0 saturated carbocycles. The zero-order valence-electron chi connectivity index (χ0n) is 7.13. The summed E-state index contributed by atoms with van der Waals surface area (Å²) in [6.07, 6.45) is -0.999. The second kappa shape index (κ2) is 4.96. The Labute approximate surface area is 66.5 Å². The van der Waals surface area contributed by atoms with Crippen LogP contribution in [-0.4, -0.2) is 31.0 Å². The monoisotopic (exact) mass is 161 g/mol. The molecular weight excluding hydrogens is 146 g/mol. The van der Waals surface area contributed by atoms with Crippen LogP contribution in [0.3, 0.4) is 0 Å². The first-order chi connectivity index (χ1) is 5.07. The number of methoxy groups -OCH3 is 1. The highest BCUT2D eigenvalue weighted by molar-refractivity contribution is 5.64. The van der Waals surface area contributed by atoms with Gasteiger partial charge in [-0.2, -0.15) is 0 Å². The summed E-state index contributed by atoms with van der Waals surface area (Å²) >= 11 is 0. The SMILES string of the molecule is COC[C@H](NC(=O)O)C(C)C. The van der Waals surface area contributed by atoms with Crippen molar-refractivity contribution in [3.8, 4) is 0 Å². The van der Waals surface area contributed by atoms with Crippen LogP contribution in [0.5, 0.6) is 0 Å². The molecule has 66 valence electrons. The van der Waals surface area contributed by atoms with E-state index in [1.807, 2.05) is 13.8 Å². The van der Waals surface area contributed by atoms with Gasteiger partial charge in [-0.3, -0.25) is 0 Å². The maximum atomic E-state index is 10.2. The van der Waals surface area contributed by atoms with Crippen LogP contribution in [0.2, 0.25) is 0 Å². The normalized spacial score (nSPS) is 13.1. The lowest BCUT2D eigenvalue weighted by Gasteiger charge is -2.19. The maximum absolute atomic E-state index is 10.2.